The molecule has 1 aliphatic carbocycles. The van der Waals surface area contributed by atoms with Gasteiger partial charge in [0, 0.05) is 22.7 Å². The third-order valence-electron chi connectivity index (χ3n) is 5.18. The Morgan fingerprint density at radius 3 is 2.54 bits per heavy atom. The van der Waals surface area contributed by atoms with Crippen LogP contribution >= 0.6 is 0 Å². The van der Waals surface area contributed by atoms with Crippen LogP contribution in [0.2, 0.25) is 0 Å². The number of aromatic nitrogens is 1. The molecule has 28 heavy (non-hydrogen) atoms. The second kappa shape index (κ2) is 7.58. The van der Waals surface area contributed by atoms with Gasteiger partial charge >= 0.3 is 0 Å². The first-order valence-electron chi connectivity index (χ1n) is 8.97. The standard InChI is InChI=1S/C20H20F3N3O2/c1-3-5-12(27)26-11-7-4-6-10(8-11)13-14-16(21)9(2)25-19(14)15(20(24)28)18(23)17(13)22/h10-11,25H,4,6-8H2,1-2H3,(H2,24,28)(H,26,27). The molecule has 1 heterocycles. The van der Waals surface area contributed by atoms with E-state index in [1.807, 2.05) is 0 Å². The van der Waals surface area contributed by atoms with Gasteiger partial charge in [-0.15, -0.1) is 0 Å². The molecule has 8 heteroatoms. The van der Waals surface area contributed by atoms with Crippen LogP contribution in [-0.4, -0.2) is 22.8 Å². The Kier molecular flexibility index (Phi) is 5.36. The summed E-state index contributed by atoms with van der Waals surface area (Å²) < 4.78 is 44.4. The monoisotopic (exact) mass is 391 g/mol. The smallest absolute Gasteiger partial charge is 0.296 e. The lowest BCUT2D eigenvalue weighted by atomic mass is 9.79. The number of amides is 2. The number of hydrogen-bond donors (Lipinski definition) is 3. The van der Waals surface area contributed by atoms with Crippen molar-refractivity contribution in [2.75, 3.05) is 0 Å². The number of carbonyl (C=O) groups excluding carboxylic acids is 2. The van der Waals surface area contributed by atoms with Gasteiger partial charge in [0.15, 0.2) is 17.5 Å². The Balaban J connectivity index is 2.11. The van der Waals surface area contributed by atoms with Crippen molar-refractivity contribution in [1.82, 2.24) is 10.3 Å². The van der Waals surface area contributed by atoms with E-state index in [2.05, 4.69) is 22.1 Å². The third kappa shape index (κ3) is 3.33. The van der Waals surface area contributed by atoms with Crippen LogP contribution < -0.4 is 11.1 Å². The Bertz CT molecular complexity index is 1030. The average Bonchev–Trinajstić information content (AvgIpc) is 2.91. The Morgan fingerprint density at radius 1 is 1.18 bits per heavy atom. The number of hydrogen-bond acceptors (Lipinski definition) is 2. The van der Waals surface area contributed by atoms with E-state index in [9.17, 15) is 22.8 Å². The zero-order chi connectivity index (χ0) is 20.6. The molecular formula is C20H20F3N3O2. The van der Waals surface area contributed by atoms with Gasteiger partial charge < -0.3 is 16.0 Å². The zero-order valence-corrected chi connectivity index (χ0v) is 15.5. The number of halogens is 3. The summed E-state index contributed by atoms with van der Waals surface area (Å²) in [4.78, 5) is 26.0. The van der Waals surface area contributed by atoms with Gasteiger partial charge in [-0.25, -0.2) is 13.2 Å². The average molecular weight is 391 g/mol. The van der Waals surface area contributed by atoms with Crippen LogP contribution in [0.25, 0.3) is 10.9 Å². The highest BCUT2D eigenvalue weighted by atomic mass is 19.2. The first-order valence-corrected chi connectivity index (χ1v) is 8.97. The van der Waals surface area contributed by atoms with E-state index in [-0.39, 0.29) is 28.2 Å². The van der Waals surface area contributed by atoms with Gasteiger partial charge in [0.2, 0.25) is 0 Å². The number of primary amides is 1. The normalized spacial score (nSPS) is 19.2. The van der Waals surface area contributed by atoms with E-state index in [4.69, 9.17) is 5.73 Å². The van der Waals surface area contributed by atoms with Crippen molar-refractivity contribution in [3.8, 4) is 11.8 Å². The second-order valence-electron chi connectivity index (χ2n) is 7.00. The van der Waals surface area contributed by atoms with Gasteiger partial charge in [0.1, 0.15) is 5.56 Å². The molecule has 2 aromatic rings. The molecule has 1 aliphatic rings. The summed E-state index contributed by atoms with van der Waals surface area (Å²) in [5.74, 6) is -0.683. The van der Waals surface area contributed by atoms with Crippen molar-refractivity contribution in [2.45, 2.75) is 51.5 Å². The van der Waals surface area contributed by atoms with Crippen molar-refractivity contribution in [2.24, 2.45) is 5.73 Å². The Morgan fingerprint density at radius 2 is 1.89 bits per heavy atom. The first-order chi connectivity index (χ1) is 13.3. The Labute approximate surface area is 159 Å². The second-order valence-corrected chi connectivity index (χ2v) is 7.00. The molecular weight excluding hydrogens is 371 g/mol. The highest BCUT2D eigenvalue weighted by Crippen LogP contribution is 2.41. The molecule has 1 aromatic carbocycles. The molecule has 2 unspecified atom stereocenters. The minimum Gasteiger partial charge on any atom is -0.365 e. The number of aryl methyl sites for hydroxylation is 1. The van der Waals surface area contributed by atoms with Crippen LogP contribution in [0.1, 0.15) is 60.1 Å². The summed E-state index contributed by atoms with van der Waals surface area (Å²) in [5, 5.41) is 2.59. The highest BCUT2D eigenvalue weighted by Gasteiger charge is 2.33. The maximum Gasteiger partial charge on any atom is 0.296 e. The quantitative estimate of drug-likeness (QED) is 0.702. The van der Waals surface area contributed by atoms with Crippen LogP contribution in [0.5, 0.6) is 0 Å². The maximum atomic E-state index is 15.0. The molecule has 0 radical (unpaired) electrons. The number of H-pyrrole nitrogens is 1. The van der Waals surface area contributed by atoms with Gasteiger partial charge in [0.05, 0.1) is 5.52 Å². The molecule has 0 spiro atoms. The van der Waals surface area contributed by atoms with Gasteiger partial charge in [-0.05, 0) is 44.9 Å². The van der Waals surface area contributed by atoms with E-state index in [0.717, 1.165) is 0 Å². The predicted molar refractivity (Wildman–Crippen MR) is 98.0 cm³/mol. The van der Waals surface area contributed by atoms with Crippen LogP contribution in [0.3, 0.4) is 0 Å². The van der Waals surface area contributed by atoms with Gasteiger partial charge in [-0.1, -0.05) is 12.3 Å². The molecule has 1 aromatic heterocycles. The van der Waals surface area contributed by atoms with Crippen LogP contribution in [0, 0.1) is 36.2 Å². The number of fused-ring (bicyclic) bond motifs is 1. The number of benzene rings is 1. The first kappa shape index (κ1) is 19.8. The molecule has 0 aliphatic heterocycles. The molecule has 148 valence electrons. The van der Waals surface area contributed by atoms with Gasteiger partial charge in [0.25, 0.3) is 11.8 Å². The highest BCUT2D eigenvalue weighted by molar-refractivity contribution is 6.06. The fraction of sp³-hybridized carbons (Fsp3) is 0.400. The largest absolute Gasteiger partial charge is 0.365 e. The maximum absolute atomic E-state index is 15.0. The molecule has 1 saturated carbocycles. The van der Waals surface area contributed by atoms with Crippen LogP contribution in [-0.2, 0) is 4.79 Å². The van der Waals surface area contributed by atoms with E-state index < -0.39 is 40.7 Å². The van der Waals surface area contributed by atoms with E-state index in [1.165, 1.54) is 13.8 Å². The molecule has 4 N–H and O–H groups in total. The molecule has 5 nitrogen and oxygen atoms in total. The lowest BCUT2D eigenvalue weighted by molar-refractivity contribution is -0.116. The van der Waals surface area contributed by atoms with Crippen LogP contribution in [0.4, 0.5) is 13.2 Å². The summed E-state index contributed by atoms with van der Waals surface area (Å²) in [7, 11) is 0. The third-order valence-corrected chi connectivity index (χ3v) is 5.18. The summed E-state index contributed by atoms with van der Waals surface area (Å²) in [6.07, 6.45) is 2.11. The van der Waals surface area contributed by atoms with Gasteiger partial charge in [-0.3, -0.25) is 9.59 Å². The molecule has 2 amide bonds. The molecule has 0 saturated heterocycles. The van der Waals surface area contributed by atoms with Crippen molar-refractivity contribution < 1.29 is 22.8 Å². The molecule has 2 atom stereocenters. The fourth-order valence-corrected chi connectivity index (χ4v) is 4.02. The van der Waals surface area contributed by atoms with Crippen molar-refractivity contribution in [3.05, 3.63) is 34.3 Å². The minimum absolute atomic E-state index is 0.0580. The number of carbonyl (C=O) groups is 2. The SMILES string of the molecule is CC#CC(=O)NC1CCCC(c2c(F)c(F)c(C(N)=O)c3[nH]c(C)c(F)c23)C1. The van der Waals surface area contributed by atoms with Crippen molar-refractivity contribution >= 4 is 22.7 Å². The summed E-state index contributed by atoms with van der Waals surface area (Å²) in [6.45, 7) is 2.95. The summed E-state index contributed by atoms with van der Waals surface area (Å²) in [5.41, 5.74) is 4.30. The number of nitrogens with one attached hydrogen (secondary N) is 2. The number of aromatic amines is 1. The fourth-order valence-electron chi connectivity index (χ4n) is 4.02. The van der Waals surface area contributed by atoms with E-state index >= 15 is 0 Å². The molecule has 3 rings (SSSR count). The zero-order valence-electron chi connectivity index (χ0n) is 15.5. The topological polar surface area (TPSA) is 88.0 Å². The number of rotatable bonds is 3. The Hall–Kier alpha value is -2.95. The van der Waals surface area contributed by atoms with Crippen LogP contribution in [0.15, 0.2) is 0 Å². The lowest BCUT2D eigenvalue weighted by Gasteiger charge is -2.30. The predicted octanol–water partition coefficient (Wildman–Crippen LogP) is 3.16. The van der Waals surface area contributed by atoms with Crippen molar-refractivity contribution in [1.29, 1.82) is 0 Å². The van der Waals surface area contributed by atoms with Gasteiger partial charge in [-0.2, -0.15) is 0 Å². The van der Waals surface area contributed by atoms with E-state index in [1.54, 1.807) is 0 Å². The minimum atomic E-state index is -1.39. The number of nitrogens with two attached hydrogens (primary N) is 1. The molecule has 0 bridgehead atoms. The summed E-state index contributed by atoms with van der Waals surface area (Å²) in [6, 6.07) is -0.288. The molecule has 1 fully saturated rings. The summed E-state index contributed by atoms with van der Waals surface area (Å²) >= 11 is 0. The van der Waals surface area contributed by atoms with E-state index in [0.29, 0.717) is 25.7 Å². The lowest BCUT2D eigenvalue weighted by Crippen LogP contribution is -2.37. The van der Waals surface area contributed by atoms with Crippen molar-refractivity contribution in [3.63, 3.8) is 0 Å².